The van der Waals surface area contributed by atoms with Crippen molar-refractivity contribution in [3.63, 3.8) is 0 Å². The van der Waals surface area contributed by atoms with Crippen molar-refractivity contribution in [3.05, 3.63) is 121 Å². The SMILES string of the molecule is C=COCCCCCOc1ccc(/C=C/c2ccc(-c3ccnc(-c4ccccc4)c3)cc2)cc1. The van der Waals surface area contributed by atoms with Gasteiger partial charge in [-0.2, -0.15) is 0 Å². The zero-order valence-corrected chi connectivity index (χ0v) is 20.0. The first kappa shape index (κ1) is 24.0. The Labute approximate surface area is 208 Å². The van der Waals surface area contributed by atoms with Gasteiger partial charge < -0.3 is 9.47 Å². The summed E-state index contributed by atoms with van der Waals surface area (Å²) in [6, 6.07) is 31.3. The summed E-state index contributed by atoms with van der Waals surface area (Å²) in [6.07, 6.45) is 10.8. The molecule has 176 valence electrons. The molecule has 0 aliphatic carbocycles. The molecule has 1 heterocycles. The number of nitrogens with zero attached hydrogens (tertiary/aromatic N) is 1. The molecule has 3 nitrogen and oxygen atoms in total. The average molecular weight is 462 g/mol. The lowest BCUT2D eigenvalue weighted by Gasteiger charge is -2.07. The highest BCUT2D eigenvalue weighted by atomic mass is 16.5. The molecular weight excluding hydrogens is 430 g/mol. The van der Waals surface area contributed by atoms with E-state index in [1.807, 2.05) is 36.5 Å². The zero-order chi connectivity index (χ0) is 24.1. The molecule has 0 spiro atoms. The summed E-state index contributed by atoms with van der Waals surface area (Å²) in [5.74, 6) is 0.904. The number of pyridine rings is 1. The minimum atomic E-state index is 0.722. The maximum absolute atomic E-state index is 5.83. The lowest BCUT2D eigenvalue weighted by atomic mass is 10.0. The van der Waals surface area contributed by atoms with E-state index >= 15 is 0 Å². The normalized spacial score (nSPS) is 10.9. The largest absolute Gasteiger partial charge is 0.502 e. The van der Waals surface area contributed by atoms with Crippen LogP contribution in [0, 0.1) is 0 Å². The molecule has 1 aromatic heterocycles. The van der Waals surface area contributed by atoms with Crippen molar-refractivity contribution < 1.29 is 9.47 Å². The highest BCUT2D eigenvalue weighted by Crippen LogP contribution is 2.25. The van der Waals surface area contributed by atoms with Crippen molar-refractivity contribution in [2.24, 2.45) is 0 Å². The third-order valence-electron chi connectivity index (χ3n) is 5.71. The Morgan fingerprint density at radius 2 is 1.34 bits per heavy atom. The molecule has 3 heteroatoms. The second-order valence-corrected chi connectivity index (χ2v) is 8.27. The Morgan fingerprint density at radius 1 is 0.657 bits per heavy atom. The summed E-state index contributed by atoms with van der Waals surface area (Å²) >= 11 is 0. The number of hydrogen-bond acceptors (Lipinski definition) is 3. The van der Waals surface area contributed by atoms with Gasteiger partial charge >= 0.3 is 0 Å². The molecule has 0 aliphatic heterocycles. The standard InChI is InChI=1S/C32H31NO2/c1-2-34-23-7-4-8-24-35-31-19-15-27(16-20-31)12-11-26-13-17-28(18-14-26)30-21-22-33-32(25-30)29-9-5-3-6-10-29/h2-3,5-6,9-22,25H,1,4,7-8,23-24H2/b12-11+. The number of hydrogen-bond donors (Lipinski definition) is 0. The molecule has 0 atom stereocenters. The quantitative estimate of drug-likeness (QED) is 0.121. The number of aromatic nitrogens is 1. The van der Waals surface area contributed by atoms with E-state index in [1.54, 1.807) is 0 Å². The van der Waals surface area contributed by atoms with Gasteiger partial charge in [0.15, 0.2) is 0 Å². The first-order chi connectivity index (χ1) is 17.3. The molecule has 3 aromatic carbocycles. The first-order valence-corrected chi connectivity index (χ1v) is 12.1. The molecular formula is C32H31NO2. The van der Waals surface area contributed by atoms with Gasteiger partial charge in [0.1, 0.15) is 5.75 Å². The smallest absolute Gasteiger partial charge is 0.119 e. The van der Waals surface area contributed by atoms with Crippen LogP contribution in [0.5, 0.6) is 5.75 Å². The monoisotopic (exact) mass is 461 g/mol. The van der Waals surface area contributed by atoms with Crippen LogP contribution in [0.25, 0.3) is 34.5 Å². The molecule has 0 radical (unpaired) electrons. The maximum atomic E-state index is 5.83. The summed E-state index contributed by atoms with van der Waals surface area (Å²) in [7, 11) is 0. The van der Waals surface area contributed by atoms with Gasteiger partial charge in [0, 0.05) is 11.8 Å². The van der Waals surface area contributed by atoms with Crippen LogP contribution in [0.4, 0.5) is 0 Å². The highest BCUT2D eigenvalue weighted by Gasteiger charge is 2.03. The first-order valence-electron chi connectivity index (χ1n) is 12.1. The fourth-order valence-corrected chi connectivity index (χ4v) is 3.77. The van der Waals surface area contributed by atoms with Gasteiger partial charge in [0.2, 0.25) is 0 Å². The lowest BCUT2D eigenvalue weighted by molar-refractivity contribution is 0.235. The van der Waals surface area contributed by atoms with Crippen LogP contribution >= 0.6 is 0 Å². The van der Waals surface area contributed by atoms with Crippen molar-refractivity contribution in [2.75, 3.05) is 13.2 Å². The Kier molecular flexibility index (Phi) is 8.89. The van der Waals surface area contributed by atoms with Crippen LogP contribution in [0.3, 0.4) is 0 Å². The maximum Gasteiger partial charge on any atom is 0.119 e. The van der Waals surface area contributed by atoms with E-state index in [0.717, 1.165) is 66.2 Å². The summed E-state index contributed by atoms with van der Waals surface area (Å²) in [4.78, 5) is 4.53. The van der Waals surface area contributed by atoms with Gasteiger partial charge in [-0.05, 0) is 65.8 Å². The van der Waals surface area contributed by atoms with Crippen LogP contribution in [0.1, 0.15) is 30.4 Å². The Hall–Kier alpha value is -4.11. The van der Waals surface area contributed by atoms with E-state index in [0.29, 0.717) is 0 Å². The van der Waals surface area contributed by atoms with E-state index in [9.17, 15) is 0 Å². The van der Waals surface area contributed by atoms with E-state index in [1.165, 1.54) is 11.8 Å². The van der Waals surface area contributed by atoms with Crippen molar-refractivity contribution in [3.8, 4) is 28.1 Å². The molecule has 4 rings (SSSR count). The third-order valence-corrected chi connectivity index (χ3v) is 5.71. The summed E-state index contributed by atoms with van der Waals surface area (Å²) in [5.41, 5.74) is 6.75. The van der Waals surface area contributed by atoms with Crippen LogP contribution in [-0.4, -0.2) is 18.2 Å². The summed E-state index contributed by atoms with van der Waals surface area (Å²) in [6.45, 7) is 4.99. The highest BCUT2D eigenvalue weighted by molar-refractivity contribution is 5.74. The van der Waals surface area contributed by atoms with Gasteiger partial charge in [-0.15, -0.1) is 0 Å². The topological polar surface area (TPSA) is 31.4 Å². The molecule has 0 unspecified atom stereocenters. The van der Waals surface area contributed by atoms with Gasteiger partial charge in [-0.3, -0.25) is 4.98 Å². The van der Waals surface area contributed by atoms with Crippen molar-refractivity contribution in [1.82, 2.24) is 4.98 Å². The Balaban J connectivity index is 1.30. The number of ether oxygens (including phenoxy) is 2. The third kappa shape index (κ3) is 7.44. The van der Waals surface area contributed by atoms with E-state index < -0.39 is 0 Å². The lowest BCUT2D eigenvalue weighted by Crippen LogP contribution is -1.98. The van der Waals surface area contributed by atoms with Crippen LogP contribution in [0.15, 0.2) is 110 Å². The predicted octanol–water partition coefficient (Wildman–Crippen LogP) is 8.30. The van der Waals surface area contributed by atoms with Crippen molar-refractivity contribution in [2.45, 2.75) is 19.3 Å². The van der Waals surface area contributed by atoms with E-state index in [4.69, 9.17) is 9.47 Å². The molecule has 0 amide bonds. The fraction of sp³-hybridized carbons (Fsp3) is 0.156. The minimum absolute atomic E-state index is 0.722. The van der Waals surface area contributed by atoms with Gasteiger partial charge in [-0.1, -0.05) is 85.5 Å². The summed E-state index contributed by atoms with van der Waals surface area (Å²) < 4.78 is 11.0. The molecule has 0 N–H and O–H groups in total. The Morgan fingerprint density at radius 3 is 2.06 bits per heavy atom. The zero-order valence-electron chi connectivity index (χ0n) is 20.0. The number of benzene rings is 3. The Bertz CT molecular complexity index is 1210. The van der Waals surface area contributed by atoms with Crippen molar-refractivity contribution >= 4 is 12.2 Å². The minimum Gasteiger partial charge on any atom is -0.502 e. The van der Waals surface area contributed by atoms with Crippen LogP contribution < -0.4 is 4.74 Å². The fourth-order valence-electron chi connectivity index (χ4n) is 3.77. The molecule has 0 fully saturated rings. The average Bonchev–Trinajstić information content (AvgIpc) is 2.93. The van der Waals surface area contributed by atoms with E-state index in [-0.39, 0.29) is 0 Å². The van der Waals surface area contributed by atoms with Gasteiger partial charge in [0.05, 0.1) is 25.2 Å². The molecule has 0 saturated heterocycles. The summed E-state index contributed by atoms with van der Waals surface area (Å²) in [5, 5.41) is 0. The molecule has 0 aliphatic rings. The second kappa shape index (κ2) is 13.0. The molecule has 35 heavy (non-hydrogen) atoms. The number of rotatable bonds is 12. The molecule has 4 aromatic rings. The second-order valence-electron chi connectivity index (χ2n) is 8.27. The van der Waals surface area contributed by atoms with Crippen molar-refractivity contribution in [1.29, 1.82) is 0 Å². The predicted molar refractivity (Wildman–Crippen MR) is 146 cm³/mol. The molecule has 0 saturated carbocycles. The van der Waals surface area contributed by atoms with Crippen LogP contribution in [-0.2, 0) is 4.74 Å². The van der Waals surface area contributed by atoms with Crippen LogP contribution in [0.2, 0.25) is 0 Å². The van der Waals surface area contributed by atoms with Gasteiger partial charge in [0.25, 0.3) is 0 Å². The van der Waals surface area contributed by atoms with Gasteiger partial charge in [-0.25, -0.2) is 0 Å². The molecule has 0 bridgehead atoms. The number of unbranched alkanes of at least 4 members (excludes halogenated alkanes) is 2. The van der Waals surface area contributed by atoms with E-state index in [2.05, 4.69) is 84.4 Å².